The van der Waals surface area contributed by atoms with Gasteiger partial charge in [0.25, 0.3) is 5.56 Å². The number of benzene rings is 2. The number of nitrogens with one attached hydrogen (secondary N) is 1. The standard InChI is InChI=1S/C20H15N3O3/c24-18-16(10-14-11-21-17-9-5-4-8-15(14)17)19(25)23(20(26)22-18)12-13-6-2-1-3-7-13/h1-11,25H,12H2,(H,22,24,26)/b14-10+. The molecule has 2 N–H and O–H groups in total. The normalized spacial score (nSPS) is 13.9. The van der Waals surface area contributed by atoms with Crippen LogP contribution in [0.1, 0.15) is 16.7 Å². The minimum atomic E-state index is -0.654. The molecule has 0 spiro atoms. The molecule has 0 bridgehead atoms. The molecule has 26 heavy (non-hydrogen) atoms. The van der Waals surface area contributed by atoms with Crippen molar-refractivity contribution in [1.82, 2.24) is 9.55 Å². The maximum absolute atomic E-state index is 12.2. The maximum atomic E-state index is 12.2. The largest absolute Gasteiger partial charge is 0.494 e. The summed E-state index contributed by atoms with van der Waals surface area (Å²) in [7, 11) is 0. The SMILES string of the molecule is O=c1[nH]c(=O)n(Cc2ccccc2)c(O)c1/C=C1\C=Nc2ccccc21. The number of rotatable bonds is 3. The molecule has 0 atom stereocenters. The first-order valence-electron chi connectivity index (χ1n) is 8.08. The second-order valence-corrected chi connectivity index (χ2v) is 5.94. The molecule has 2 heterocycles. The molecule has 0 unspecified atom stereocenters. The second-order valence-electron chi connectivity index (χ2n) is 5.94. The van der Waals surface area contributed by atoms with Crippen LogP contribution >= 0.6 is 0 Å². The van der Waals surface area contributed by atoms with Gasteiger partial charge in [-0.1, -0.05) is 48.5 Å². The maximum Gasteiger partial charge on any atom is 0.331 e. The molecule has 0 fully saturated rings. The van der Waals surface area contributed by atoms with E-state index in [0.717, 1.165) is 21.4 Å². The first-order chi connectivity index (χ1) is 12.6. The number of allylic oxidation sites excluding steroid dienone is 1. The first kappa shape index (κ1) is 15.8. The van der Waals surface area contributed by atoms with Crippen molar-refractivity contribution < 1.29 is 5.11 Å². The van der Waals surface area contributed by atoms with Crippen molar-refractivity contribution in [3.8, 4) is 5.88 Å². The van der Waals surface area contributed by atoms with Gasteiger partial charge in [0.1, 0.15) is 5.56 Å². The molecule has 0 amide bonds. The minimum absolute atomic E-state index is 0.0266. The lowest BCUT2D eigenvalue weighted by molar-refractivity contribution is 0.408. The molecular weight excluding hydrogens is 330 g/mol. The quantitative estimate of drug-likeness (QED) is 0.765. The molecule has 4 rings (SSSR count). The van der Waals surface area contributed by atoms with Crippen LogP contribution in [-0.2, 0) is 6.54 Å². The Morgan fingerprint density at radius 2 is 1.77 bits per heavy atom. The van der Waals surface area contributed by atoms with E-state index < -0.39 is 11.2 Å². The summed E-state index contributed by atoms with van der Waals surface area (Å²) in [5.41, 5.74) is 1.94. The highest BCUT2D eigenvalue weighted by atomic mass is 16.3. The molecule has 1 aliphatic heterocycles. The predicted octanol–water partition coefficient (Wildman–Crippen LogP) is 2.55. The zero-order chi connectivity index (χ0) is 18.1. The monoisotopic (exact) mass is 345 g/mol. The van der Waals surface area contributed by atoms with Gasteiger partial charge >= 0.3 is 5.69 Å². The zero-order valence-corrected chi connectivity index (χ0v) is 13.7. The van der Waals surface area contributed by atoms with Crippen LogP contribution < -0.4 is 11.2 Å². The third-order valence-electron chi connectivity index (χ3n) is 4.25. The van der Waals surface area contributed by atoms with Gasteiger partial charge < -0.3 is 5.11 Å². The first-order valence-corrected chi connectivity index (χ1v) is 8.08. The van der Waals surface area contributed by atoms with Crippen LogP contribution in [0.3, 0.4) is 0 Å². The van der Waals surface area contributed by atoms with Gasteiger partial charge in [0.05, 0.1) is 12.2 Å². The van der Waals surface area contributed by atoms with E-state index in [1.54, 1.807) is 12.3 Å². The van der Waals surface area contributed by atoms with Gasteiger partial charge in [-0.25, -0.2) is 4.79 Å². The van der Waals surface area contributed by atoms with Crippen molar-refractivity contribution in [3.63, 3.8) is 0 Å². The van der Waals surface area contributed by atoms with Crippen LogP contribution in [0.2, 0.25) is 0 Å². The number of aromatic hydroxyl groups is 1. The summed E-state index contributed by atoms with van der Waals surface area (Å²) < 4.78 is 1.14. The Bertz CT molecular complexity index is 1150. The molecule has 1 aromatic heterocycles. The van der Waals surface area contributed by atoms with Crippen molar-refractivity contribution in [3.05, 3.63) is 92.1 Å². The van der Waals surface area contributed by atoms with Crippen LogP contribution in [0.4, 0.5) is 5.69 Å². The molecule has 6 nitrogen and oxygen atoms in total. The smallest absolute Gasteiger partial charge is 0.331 e. The molecular formula is C20H15N3O3. The van der Waals surface area contributed by atoms with Gasteiger partial charge in [0.15, 0.2) is 0 Å². The van der Waals surface area contributed by atoms with Gasteiger partial charge in [0, 0.05) is 17.4 Å². The third kappa shape index (κ3) is 2.77. The topological polar surface area (TPSA) is 87.5 Å². The van der Waals surface area contributed by atoms with Gasteiger partial charge in [-0.15, -0.1) is 0 Å². The zero-order valence-electron chi connectivity index (χ0n) is 13.7. The number of aliphatic imine (C=N–C) groups is 1. The summed E-state index contributed by atoms with van der Waals surface area (Å²) in [4.78, 5) is 31.0. The highest BCUT2D eigenvalue weighted by Crippen LogP contribution is 2.32. The lowest BCUT2D eigenvalue weighted by atomic mass is 10.1. The number of H-pyrrole nitrogens is 1. The molecule has 2 aromatic carbocycles. The fraction of sp³-hybridized carbons (Fsp3) is 0.0500. The molecule has 0 radical (unpaired) electrons. The van der Waals surface area contributed by atoms with E-state index in [2.05, 4.69) is 9.98 Å². The van der Waals surface area contributed by atoms with Crippen LogP contribution in [0.25, 0.3) is 11.6 Å². The number of fused-ring (bicyclic) bond motifs is 1. The molecule has 6 heteroatoms. The summed E-state index contributed by atoms with van der Waals surface area (Å²) >= 11 is 0. The Balaban J connectivity index is 1.82. The number of aromatic nitrogens is 2. The molecule has 0 saturated heterocycles. The van der Waals surface area contributed by atoms with Gasteiger partial charge in [-0.05, 0) is 17.7 Å². The summed E-state index contributed by atoms with van der Waals surface area (Å²) in [6.45, 7) is 0.156. The Kier molecular flexibility index (Phi) is 3.85. The van der Waals surface area contributed by atoms with Crippen LogP contribution in [0.5, 0.6) is 5.88 Å². The van der Waals surface area contributed by atoms with Crippen LogP contribution in [0, 0.1) is 0 Å². The molecule has 1 aliphatic rings. The second kappa shape index (κ2) is 6.33. The van der Waals surface area contributed by atoms with E-state index in [-0.39, 0.29) is 18.0 Å². The van der Waals surface area contributed by atoms with E-state index in [4.69, 9.17) is 0 Å². The predicted molar refractivity (Wildman–Crippen MR) is 101 cm³/mol. The fourth-order valence-electron chi connectivity index (χ4n) is 2.93. The van der Waals surface area contributed by atoms with Crippen molar-refractivity contribution in [1.29, 1.82) is 0 Å². The Morgan fingerprint density at radius 1 is 1.04 bits per heavy atom. The number of hydrogen-bond donors (Lipinski definition) is 2. The molecule has 128 valence electrons. The van der Waals surface area contributed by atoms with Gasteiger partial charge in [-0.3, -0.25) is 19.3 Å². The van der Waals surface area contributed by atoms with E-state index in [1.807, 2.05) is 54.6 Å². The number of para-hydroxylation sites is 1. The molecule has 0 aliphatic carbocycles. The van der Waals surface area contributed by atoms with Gasteiger partial charge in [-0.2, -0.15) is 0 Å². The van der Waals surface area contributed by atoms with E-state index in [1.165, 1.54) is 0 Å². The average molecular weight is 345 g/mol. The van der Waals surface area contributed by atoms with E-state index in [0.29, 0.717) is 5.57 Å². The van der Waals surface area contributed by atoms with Crippen LogP contribution in [-0.4, -0.2) is 20.9 Å². The highest BCUT2D eigenvalue weighted by Gasteiger charge is 2.16. The average Bonchev–Trinajstić information content (AvgIpc) is 3.06. The summed E-state index contributed by atoms with van der Waals surface area (Å²) in [6.07, 6.45) is 3.18. The van der Waals surface area contributed by atoms with Crippen molar-refractivity contribution in [2.75, 3.05) is 0 Å². The number of hydrogen-bond acceptors (Lipinski definition) is 4. The number of aromatic amines is 1. The fourth-order valence-corrected chi connectivity index (χ4v) is 2.93. The van der Waals surface area contributed by atoms with Gasteiger partial charge in [0.2, 0.25) is 5.88 Å². The Labute approximate surface area is 148 Å². The Hall–Kier alpha value is -3.67. The summed E-state index contributed by atoms with van der Waals surface area (Å²) in [5, 5.41) is 10.6. The molecule has 0 saturated carbocycles. The minimum Gasteiger partial charge on any atom is -0.494 e. The lowest BCUT2D eigenvalue weighted by Gasteiger charge is -2.10. The van der Waals surface area contributed by atoms with E-state index >= 15 is 0 Å². The van der Waals surface area contributed by atoms with Crippen molar-refractivity contribution in [2.45, 2.75) is 6.54 Å². The lowest BCUT2D eigenvalue weighted by Crippen LogP contribution is -2.31. The third-order valence-corrected chi connectivity index (χ3v) is 4.25. The highest BCUT2D eigenvalue weighted by molar-refractivity contribution is 6.21. The Morgan fingerprint density at radius 3 is 2.58 bits per heavy atom. The van der Waals surface area contributed by atoms with E-state index in [9.17, 15) is 14.7 Å². The summed E-state index contributed by atoms with van der Waals surface area (Å²) in [6, 6.07) is 16.8. The molecule has 3 aromatic rings. The van der Waals surface area contributed by atoms with Crippen molar-refractivity contribution in [2.24, 2.45) is 4.99 Å². The van der Waals surface area contributed by atoms with Crippen molar-refractivity contribution >= 4 is 23.6 Å². The van der Waals surface area contributed by atoms with Crippen LogP contribution in [0.15, 0.2) is 69.2 Å². The number of nitrogens with zero attached hydrogens (tertiary/aromatic N) is 2. The summed E-state index contributed by atoms with van der Waals surface area (Å²) in [5.74, 6) is -0.368.